The van der Waals surface area contributed by atoms with Gasteiger partial charge in [0.25, 0.3) is 0 Å². The summed E-state index contributed by atoms with van der Waals surface area (Å²) in [6.45, 7) is 6.96. The summed E-state index contributed by atoms with van der Waals surface area (Å²) in [5.74, 6) is 6.19. The average molecular weight is 298 g/mol. The smallest absolute Gasteiger partial charge is 0.161 e. The van der Waals surface area contributed by atoms with Crippen LogP contribution in [0.2, 0.25) is 0 Å². The number of rotatable bonds is 0. The summed E-state index contributed by atoms with van der Waals surface area (Å²) in [6, 6.07) is 0. The van der Waals surface area contributed by atoms with Crippen LogP contribution >= 0.6 is 0 Å². The molecule has 0 unspecified atom stereocenters. The molecule has 7 atom stereocenters. The Morgan fingerprint density at radius 2 is 1.86 bits per heavy atom. The van der Waals surface area contributed by atoms with Gasteiger partial charge in [-0.05, 0) is 91.9 Å². The molecule has 1 heteroatoms. The normalized spacial score (nSPS) is 54.7. The predicted molar refractivity (Wildman–Crippen MR) is 88.2 cm³/mol. The molecule has 0 aromatic carbocycles. The molecule has 0 heterocycles. The quantitative estimate of drug-likeness (QED) is 0.614. The lowest BCUT2D eigenvalue weighted by molar-refractivity contribution is -0.125. The van der Waals surface area contributed by atoms with Gasteiger partial charge < -0.3 is 0 Å². The third-order valence-electron chi connectivity index (χ3n) is 8.50. The van der Waals surface area contributed by atoms with Gasteiger partial charge in [-0.15, -0.1) is 0 Å². The van der Waals surface area contributed by atoms with Gasteiger partial charge in [0, 0.05) is 5.41 Å². The molecule has 0 spiro atoms. The minimum absolute atomic E-state index is 0.116. The van der Waals surface area contributed by atoms with E-state index in [1.165, 1.54) is 37.7 Å². The molecule has 0 bridgehead atoms. The van der Waals surface area contributed by atoms with Gasteiger partial charge in [-0.25, -0.2) is 0 Å². The Morgan fingerprint density at radius 1 is 1.05 bits per heavy atom. The van der Waals surface area contributed by atoms with E-state index in [-0.39, 0.29) is 5.41 Å². The molecular weight excluding hydrogens is 268 g/mol. The molecule has 5 rings (SSSR count). The van der Waals surface area contributed by atoms with Gasteiger partial charge in [0.2, 0.25) is 0 Å². The molecule has 0 aromatic heterocycles. The molecule has 4 fully saturated rings. The molecular formula is C21H30O. The maximum atomic E-state index is 12.3. The molecule has 0 saturated heterocycles. The topological polar surface area (TPSA) is 17.1 Å². The minimum atomic E-state index is -0.116. The van der Waals surface area contributed by atoms with Gasteiger partial charge in [0.05, 0.1) is 0 Å². The number of hydrogen-bond donors (Lipinski definition) is 0. The lowest BCUT2D eigenvalue weighted by atomic mass is 9.50. The highest BCUT2D eigenvalue weighted by Crippen LogP contribution is 2.72. The number of carbonyl (C=O) groups excluding carboxylic acids is 1. The molecule has 5 aliphatic carbocycles. The van der Waals surface area contributed by atoms with Crippen LogP contribution in [0, 0.1) is 46.3 Å². The summed E-state index contributed by atoms with van der Waals surface area (Å²) in [5.41, 5.74) is 2.09. The van der Waals surface area contributed by atoms with Crippen molar-refractivity contribution in [2.75, 3.05) is 0 Å². The molecule has 0 aliphatic heterocycles. The van der Waals surface area contributed by atoms with E-state index in [1.807, 2.05) is 0 Å². The highest BCUT2D eigenvalue weighted by molar-refractivity contribution is 5.96. The third kappa shape index (κ3) is 1.69. The van der Waals surface area contributed by atoms with Gasteiger partial charge in [0.1, 0.15) is 0 Å². The predicted octanol–water partition coefficient (Wildman–Crippen LogP) is 5.01. The van der Waals surface area contributed by atoms with Crippen molar-refractivity contribution in [1.82, 2.24) is 0 Å². The van der Waals surface area contributed by atoms with Crippen LogP contribution in [0.15, 0.2) is 11.6 Å². The lowest BCUT2D eigenvalue weighted by Gasteiger charge is -2.55. The summed E-state index contributed by atoms with van der Waals surface area (Å²) >= 11 is 0. The van der Waals surface area contributed by atoms with E-state index in [4.69, 9.17) is 0 Å². The molecule has 0 radical (unpaired) electrons. The number of carbonyl (C=O) groups is 1. The summed E-state index contributed by atoms with van der Waals surface area (Å²) in [6.07, 6.45) is 11.8. The summed E-state index contributed by atoms with van der Waals surface area (Å²) in [4.78, 5) is 12.3. The summed E-state index contributed by atoms with van der Waals surface area (Å²) < 4.78 is 0. The minimum Gasteiger partial charge on any atom is -0.294 e. The Bertz CT molecular complexity index is 570. The molecule has 22 heavy (non-hydrogen) atoms. The van der Waals surface area contributed by atoms with E-state index in [0.717, 1.165) is 41.9 Å². The van der Waals surface area contributed by atoms with Crippen LogP contribution in [0.25, 0.3) is 0 Å². The van der Waals surface area contributed by atoms with Gasteiger partial charge in [-0.3, -0.25) is 4.79 Å². The number of allylic oxidation sites excluding steroid dienone is 1. The highest BCUT2D eigenvalue weighted by Gasteiger charge is 2.64. The average Bonchev–Trinajstić information content (AvgIpc) is 3.11. The van der Waals surface area contributed by atoms with Crippen molar-refractivity contribution >= 4 is 5.78 Å². The standard InChI is InChI=1S/C21H30O/c1-20(2)11-17-12(9-18(20)22)4-5-15-14(17)6-7-21(3)10-13-8-16(13)19(15)21/h9,13-17,19H,4-8,10-11H2,1-3H3/t13-,14+,15-,16-,17+,19-,21-/m1/s1. The van der Waals surface area contributed by atoms with Crippen LogP contribution in [0.4, 0.5) is 0 Å². The zero-order chi connectivity index (χ0) is 15.3. The fraction of sp³-hybridized carbons (Fsp3) is 0.857. The van der Waals surface area contributed by atoms with Gasteiger partial charge in [0.15, 0.2) is 5.78 Å². The van der Waals surface area contributed by atoms with Crippen LogP contribution in [0.5, 0.6) is 0 Å². The van der Waals surface area contributed by atoms with Crippen molar-refractivity contribution in [3.05, 3.63) is 11.6 Å². The Morgan fingerprint density at radius 3 is 2.68 bits per heavy atom. The van der Waals surface area contributed by atoms with Crippen molar-refractivity contribution in [1.29, 1.82) is 0 Å². The van der Waals surface area contributed by atoms with Crippen molar-refractivity contribution in [2.45, 2.75) is 65.7 Å². The van der Waals surface area contributed by atoms with E-state index >= 15 is 0 Å². The van der Waals surface area contributed by atoms with E-state index in [2.05, 4.69) is 26.8 Å². The maximum Gasteiger partial charge on any atom is 0.161 e. The van der Waals surface area contributed by atoms with Gasteiger partial charge in [-0.1, -0.05) is 26.3 Å². The van der Waals surface area contributed by atoms with Crippen molar-refractivity contribution in [2.24, 2.45) is 46.3 Å². The van der Waals surface area contributed by atoms with Crippen molar-refractivity contribution < 1.29 is 4.79 Å². The fourth-order valence-electron chi connectivity index (χ4n) is 7.44. The zero-order valence-corrected chi connectivity index (χ0v) is 14.4. The Balaban J connectivity index is 1.49. The molecule has 0 amide bonds. The second-order valence-electron chi connectivity index (χ2n) is 10.2. The van der Waals surface area contributed by atoms with E-state index in [9.17, 15) is 4.79 Å². The van der Waals surface area contributed by atoms with Crippen LogP contribution in [0.3, 0.4) is 0 Å². The lowest BCUT2D eigenvalue weighted by Crippen LogP contribution is -2.47. The Labute approximate surface area is 134 Å². The van der Waals surface area contributed by atoms with Crippen LogP contribution < -0.4 is 0 Å². The first-order chi connectivity index (χ1) is 10.4. The number of ketones is 1. The second kappa shape index (κ2) is 4.08. The Hall–Kier alpha value is -0.590. The number of fused-ring (bicyclic) bond motifs is 7. The molecule has 0 aromatic rings. The molecule has 5 aliphatic rings. The molecule has 1 nitrogen and oxygen atoms in total. The van der Waals surface area contributed by atoms with E-state index < -0.39 is 0 Å². The Kier molecular flexibility index (Phi) is 2.56. The van der Waals surface area contributed by atoms with Crippen LogP contribution in [0.1, 0.15) is 65.7 Å². The second-order valence-corrected chi connectivity index (χ2v) is 10.2. The maximum absolute atomic E-state index is 12.3. The first kappa shape index (κ1) is 13.8. The van der Waals surface area contributed by atoms with E-state index in [0.29, 0.717) is 11.2 Å². The van der Waals surface area contributed by atoms with Crippen LogP contribution in [-0.2, 0) is 4.79 Å². The van der Waals surface area contributed by atoms with Gasteiger partial charge in [-0.2, -0.15) is 0 Å². The molecule has 120 valence electrons. The van der Waals surface area contributed by atoms with Crippen LogP contribution in [-0.4, -0.2) is 5.78 Å². The monoisotopic (exact) mass is 298 g/mol. The van der Waals surface area contributed by atoms with Gasteiger partial charge >= 0.3 is 0 Å². The molecule has 0 N–H and O–H groups in total. The first-order valence-electron chi connectivity index (χ1n) is 9.64. The van der Waals surface area contributed by atoms with Crippen molar-refractivity contribution in [3.63, 3.8) is 0 Å². The third-order valence-corrected chi connectivity index (χ3v) is 8.50. The highest BCUT2D eigenvalue weighted by atomic mass is 16.1. The number of hydrogen-bond acceptors (Lipinski definition) is 1. The fourth-order valence-corrected chi connectivity index (χ4v) is 7.44. The first-order valence-corrected chi connectivity index (χ1v) is 9.64. The summed E-state index contributed by atoms with van der Waals surface area (Å²) in [7, 11) is 0. The zero-order valence-electron chi connectivity index (χ0n) is 14.4. The summed E-state index contributed by atoms with van der Waals surface area (Å²) in [5, 5.41) is 0. The molecule has 4 saturated carbocycles. The largest absolute Gasteiger partial charge is 0.294 e. The van der Waals surface area contributed by atoms with Crippen molar-refractivity contribution in [3.8, 4) is 0 Å². The SMILES string of the molecule is CC1(C)C[C@H]2C(=CC1=O)CC[C@@H]1[C@@H]2CC[C@]2(C)C[C@H]3C[C@H]3[C@@H]12. The van der Waals surface area contributed by atoms with E-state index in [1.54, 1.807) is 6.42 Å².